The van der Waals surface area contributed by atoms with Gasteiger partial charge in [-0.05, 0) is 11.6 Å². The zero-order valence-corrected chi connectivity index (χ0v) is 14.3. The van der Waals surface area contributed by atoms with Crippen molar-refractivity contribution in [3.05, 3.63) is 46.8 Å². The molecule has 28 heavy (non-hydrogen) atoms. The van der Waals surface area contributed by atoms with E-state index >= 15 is 0 Å². The number of halogens is 6. The summed E-state index contributed by atoms with van der Waals surface area (Å²) in [5.41, 5.74) is -0.258. The van der Waals surface area contributed by atoms with Gasteiger partial charge in [-0.2, -0.15) is 13.2 Å². The van der Waals surface area contributed by atoms with Crippen LogP contribution in [0.5, 0.6) is 0 Å². The summed E-state index contributed by atoms with van der Waals surface area (Å²) in [5.74, 6) is -4.76. The quantitative estimate of drug-likeness (QED) is 0.582. The van der Waals surface area contributed by atoms with Gasteiger partial charge in [0.2, 0.25) is 5.82 Å². The van der Waals surface area contributed by atoms with E-state index in [4.69, 9.17) is 0 Å². The molecule has 0 amide bonds. The Balaban J connectivity index is 1.62. The Morgan fingerprint density at radius 2 is 1.68 bits per heavy atom. The fraction of sp³-hybridized carbons (Fsp3) is 0.500. The maximum atomic E-state index is 13.6. The van der Waals surface area contributed by atoms with Gasteiger partial charge in [-0.25, -0.2) is 13.2 Å². The number of aliphatic hydroxyl groups excluding tert-OH is 2. The zero-order valence-electron chi connectivity index (χ0n) is 14.3. The van der Waals surface area contributed by atoms with Gasteiger partial charge in [0.05, 0.1) is 12.6 Å². The Kier molecular flexibility index (Phi) is 5.64. The van der Waals surface area contributed by atoms with Gasteiger partial charge in [-0.1, -0.05) is 0 Å². The summed E-state index contributed by atoms with van der Waals surface area (Å²) < 4.78 is 79.2. The predicted octanol–water partition coefficient (Wildman–Crippen LogP) is 1.84. The lowest BCUT2D eigenvalue weighted by Gasteiger charge is -2.32. The molecule has 12 heteroatoms. The van der Waals surface area contributed by atoms with Crippen LogP contribution in [0.25, 0.3) is 0 Å². The third-order valence-electron chi connectivity index (χ3n) is 4.49. The van der Waals surface area contributed by atoms with Crippen molar-refractivity contribution in [2.75, 3.05) is 6.54 Å². The largest absolute Gasteiger partial charge is 0.451 e. The molecule has 0 bridgehead atoms. The number of aliphatic hydroxyl groups is 2. The van der Waals surface area contributed by atoms with E-state index < -0.39 is 41.8 Å². The van der Waals surface area contributed by atoms with E-state index in [1.165, 1.54) is 4.90 Å². The van der Waals surface area contributed by atoms with Crippen molar-refractivity contribution < 1.29 is 36.6 Å². The highest BCUT2D eigenvalue weighted by Gasteiger charge is 2.40. The number of rotatable bonds is 5. The van der Waals surface area contributed by atoms with Crippen LogP contribution in [-0.2, 0) is 25.7 Å². The molecule has 0 saturated heterocycles. The molecule has 0 spiro atoms. The summed E-state index contributed by atoms with van der Waals surface area (Å²) in [6.07, 6.45) is -7.85. The first-order valence-electron chi connectivity index (χ1n) is 8.29. The summed E-state index contributed by atoms with van der Waals surface area (Å²) in [6, 6.07) is 0.992. The second-order valence-electron chi connectivity index (χ2n) is 6.49. The van der Waals surface area contributed by atoms with Crippen molar-refractivity contribution >= 4 is 0 Å². The highest BCUT2D eigenvalue weighted by molar-refractivity contribution is 5.20. The van der Waals surface area contributed by atoms with E-state index in [1.807, 2.05) is 0 Å². The van der Waals surface area contributed by atoms with Crippen LogP contribution < -0.4 is 0 Å². The standard InChI is InChI=1S/C16H16F6N4O2/c17-10-6-12(19)11(18)4-8(10)3-9(27)5-14(28)25-1-2-26-13(7-25)23-24-15(26)16(20,21)22/h4,6,9,14,27-28H,1-3,5,7H2. The molecule has 2 aromatic rings. The Hall–Kier alpha value is -2.18. The molecule has 1 aliphatic rings. The number of hydrogen-bond acceptors (Lipinski definition) is 5. The summed E-state index contributed by atoms with van der Waals surface area (Å²) in [4.78, 5) is 1.38. The molecule has 0 fully saturated rings. The molecule has 1 aromatic heterocycles. The average molecular weight is 410 g/mol. The number of hydrogen-bond donors (Lipinski definition) is 2. The minimum Gasteiger partial charge on any atom is -0.393 e. The molecule has 3 rings (SSSR count). The normalized spacial score (nSPS) is 17.4. The maximum Gasteiger partial charge on any atom is 0.451 e. The van der Waals surface area contributed by atoms with Crippen LogP contribution in [0.15, 0.2) is 12.1 Å². The Bertz CT molecular complexity index is 856. The lowest BCUT2D eigenvalue weighted by Crippen LogP contribution is -2.43. The van der Waals surface area contributed by atoms with Crippen LogP contribution in [0.4, 0.5) is 26.3 Å². The zero-order chi connectivity index (χ0) is 20.6. The van der Waals surface area contributed by atoms with Crippen molar-refractivity contribution in [3.63, 3.8) is 0 Å². The number of nitrogens with zero attached hydrogens (tertiary/aromatic N) is 4. The van der Waals surface area contributed by atoms with Crippen LogP contribution in [0, 0.1) is 17.5 Å². The molecule has 154 valence electrons. The number of fused-ring (bicyclic) bond motifs is 1. The first-order chi connectivity index (χ1) is 13.1. The third-order valence-corrected chi connectivity index (χ3v) is 4.49. The first-order valence-corrected chi connectivity index (χ1v) is 8.29. The maximum absolute atomic E-state index is 13.6. The monoisotopic (exact) mass is 410 g/mol. The van der Waals surface area contributed by atoms with Crippen molar-refractivity contribution in [2.45, 2.75) is 44.4 Å². The van der Waals surface area contributed by atoms with Gasteiger partial charge in [-0.3, -0.25) is 4.90 Å². The van der Waals surface area contributed by atoms with Crippen LogP contribution in [0.1, 0.15) is 23.6 Å². The lowest BCUT2D eigenvalue weighted by molar-refractivity contribution is -0.148. The van der Waals surface area contributed by atoms with Crippen molar-refractivity contribution in [3.8, 4) is 0 Å². The fourth-order valence-electron chi connectivity index (χ4n) is 3.09. The summed E-state index contributed by atoms with van der Waals surface area (Å²) in [6.45, 7) is -0.194. The second-order valence-corrected chi connectivity index (χ2v) is 6.49. The highest BCUT2D eigenvalue weighted by atomic mass is 19.4. The Morgan fingerprint density at radius 1 is 1.00 bits per heavy atom. The molecule has 2 unspecified atom stereocenters. The molecular weight excluding hydrogens is 394 g/mol. The average Bonchev–Trinajstić information content (AvgIpc) is 3.03. The third kappa shape index (κ3) is 4.28. The molecule has 2 atom stereocenters. The number of alkyl halides is 3. The van der Waals surface area contributed by atoms with Gasteiger partial charge in [0, 0.05) is 32.0 Å². The topological polar surface area (TPSA) is 74.4 Å². The predicted molar refractivity (Wildman–Crippen MR) is 82.1 cm³/mol. The highest BCUT2D eigenvalue weighted by Crippen LogP contribution is 2.30. The van der Waals surface area contributed by atoms with E-state index in [1.54, 1.807) is 0 Å². The Morgan fingerprint density at radius 3 is 2.36 bits per heavy atom. The SMILES string of the molecule is OC(Cc1cc(F)c(F)cc1F)CC(O)N1CCn2c(nnc2C(F)(F)F)C1. The molecule has 2 N–H and O–H groups in total. The molecule has 1 aromatic carbocycles. The lowest BCUT2D eigenvalue weighted by atomic mass is 10.0. The molecule has 0 radical (unpaired) electrons. The minimum absolute atomic E-state index is 0.0127. The van der Waals surface area contributed by atoms with Gasteiger partial charge < -0.3 is 14.8 Å². The van der Waals surface area contributed by atoms with E-state index in [0.29, 0.717) is 12.1 Å². The number of benzene rings is 1. The number of aromatic nitrogens is 3. The van der Waals surface area contributed by atoms with Gasteiger partial charge in [-0.15, -0.1) is 10.2 Å². The molecule has 1 aliphatic heterocycles. The Labute approximate surface area is 155 Å². The van der Waals surface area contributed by atoms with E-state index in [2.05, 4.69) is 10.2 Å². The molecule has 6 nitrogen and oxygen atoms in total. The van der Waals surface area contributed by atoms with Crippen LogP contribution in [0.3, 0.4) is 0 Å². The van der Waals surface area contributed by atoms with Gasteiger partial charge in [0.1, 0.15) is 17.9 Å². The summed E-state index contributed by atoms with van der Waals surface area (Å²) in [7, 11) is 0. The molecule has 2 heterocycles. The van der Waals surface area contributed by atoms with Gasteiger partial charge in [0.15, 0.2) is 11.6 Å². The van der Waals surface area contributed by atoms with Gasteiger partial charge >= 0.3 is 6.18 Å². The first kappa shape index (κ1) is 20.6. The minimum atomic E-state index is -4.64. The van der Waals surface area contributed by atoms with E-state index in [0.717, 1.165) is 4.57 Å². The van der Waals surface area contributed by atoms with Crippen LogP contribution >= 0.6 is 0 Å². The van der Waals surface area contributed by atoms with Crippen molar-refractivity contribution in [1.29, 1.82) is 0 Å². The molecule has 0 aliphatic carbocycles. The second kappa shape index (κ2) is 7.68. The van der Waals surface area contributed by atoms with Gasteiger partial charge in [0.25, 0.3) is 0 Å². The van der Waals surface area contributed by atoms with Crippen LogP contribution in [-0.4, -0.2) is 48.8 Å². The summed E-state index contributed by atoms with van der Waals surface area (Å²) in [5, 5.41) is 26.9. The van der Waals surface area contributed by atoms with E-state index in [9.17, 15) is 36.6 Å². The smallest absolute Gasteiger partial charge is 0.393 e. The summed E-state index contributed by atoms with van der Waals surface area (Å²) >= 11 is 0. The van der Waals surface area contributed by atoms with Crippen molar-refractivity contribution in [2.24, 2.45) is 0 Å². The van der Waals surface area contributed by atoms with Crippen LogP contribution in [0.2, 0.25) is 0 Å². The van der Waals surface area contributed by atoms with E-state index in [-0.39, 0.29) is 43.9 Å². The van der Waals surface area contributed by atoms with Crippen molar-refractivity contribution in [1.82, 2.24) is 19.7 Å². The molecule has 0 saturated carbocycles. The molecular formula is C16H16F6N4O2. The fourth-order valence-corrected chi connectivity index (χ4v) is 3.09.